The average molecular weight is 426 g/mol. The van der Waals surface area contributed by atoms with E-state index >= 15 is 0 Å². The molecule has 0 heterocycles. The summed E-state index contributed by atoms with van der Waals surface area (Å²) in [7, 11) is 3.02. The van der Waals surface area contributed by atoms with Crippen molar-refractivity contribution < 1.29 is 39.2 Å². The van der Waals surface area contributed by atoms with Crippen molar-refractivity contribution in [2.75, 3.05) is 53.6 Å². The molecule has 0 aliphatic carbocycles. The molecule has 0 radical (unpaired) electrons. The maximum atomic E-state index is 12.5. The van der Waals surface area contributed by atoms with Crippen LogP contribution in [0.25, 0.3) is 0 Å². The van der Waals surface area contributed by atoms with Gasteiger partial charge in [-0.3, -0.25) is 14.4 Å². The number of hydrogen-bond acceptors (Lipinski definition) is 8. The van der Waals surface area contributed by atoms with E-state index in [4.69, 9.17) is 19.7 Å². The Hall–Kier alpha value is -2.69. The number of amides is 2. The molecule has 0 fully saturated rings. The first-order valence-corrected chi connectivity index (χ1v) is 9.37. The van der Waals surface area contributed by atoms with Crippen LogP contribution in [0.2, 0.25) is 0 Å². The minimum Gasteiger partial charge on any atom is -0.484 e. The molecule has 0 aliphatic heterocycles. The topological polar surface area (TPSA) is 137 Å². The number of hydrogen-bond donors (Lipinski definition) is 3. The summed E-state index contributed by atoms with van der Waals surface area (Å²) in [5.41, 5.74) is -1.61. The summed E-state index contributed by atoms with van der Waals surface area (Å²) in [6.07, 6.45) is 0. The number of benzene rings is 1. The smallest absolute Gasteiger partial charge is 0.260 e. The van der Waals surface area contributed by atoms with Gasteiger partial charge in [0.05, 0.1) is 18.8 Å². The quantitative estimate of drug-likeness (QED) is 0.373. The summed E-state index contributed by atoms with van der Waals surface area (Å²) in [6, 6.07) is 4.19. The first-order valence-electron chi connectivity index (χ1n) is 9.37. The summed E-state index contributed by atoms with van der Waals surface area (Å²) in [4.78, 5) is 39.1. The van der Waals surface area contributed by atoms with Crippen molar-refractivity contribution in [2.24, 2.45) is 0 Å². The number of carbonyl (C=O) groups is 3. The molecular weight excluding hydrogens is 396 g/mol. The molecule has 0 atom stereocenters. The number of rotatable bonds is 12. The van der Waals surface area contributed by atoms with E-state index in [9.17, 15) is 19.5 Å². The van der Waals surface area contributed by atoms with Crippen LogP contribution in [0.15, 0.2) is 18.2 Å². The minimum absolute atomic E-state index is 0.0153. The van der Waals surface area contributed by atoms with E-state index in [1.807, 2.05) is 0 Å². The van der Waals surface area contributed by atoms with Crippen LogP contribution in [0.4, 0.5) is 0 Å². The Labute approximate surface area is 175 Å². The fourth-order valence-corrected chi connectivity index (χ4v) is 2.28. The van der Waals surface area contributed by atoms with Gasteiger partial charge in [0.1, 0.15) is 17.1 Å². The van der Waals surface area contributed by atoms with Crippen molar-refractivity contribution in [3.8, 4) is 11.5 Å². The molecular formula is C20H30N2O8. The molecule has 0 saturated carbocycles. The predicted molar refractivity (Wildman–Crippen MR) is 108 cm³/mol. The van der Waals surface area contributed by atoms with Crippen LogP contribution in [0.3, 0.4) is 0 Å². The SMILES string of the molecule is CN(CCO)C(=O)COc1ccc(C(=O)C(C)(C)O)c(OCC(=O)N(C)CCO)c1. The van der Waals surface area contributed by atoms with Crippen LogP contribution in [-0.4, -0.2) is 102 Å². The summed E-state index contributed by atoms with van der Waals surface area (Å²) < 4.78 is 10.9. The number of likely N-dealkylation sites (N-methyl/N-ethyl adjacent to an activating group) is 2. The Morgan fingerprint density at radius 1 is 0.933 bits per heavy atom. The molecule has 1 rings (SSSR count). The van der Waals surface area contributed by atoms with E-state index in [0.29, 0.717) is 0 Å². The highest BCUT2D eigenvalue weighted by atomic mass is 16.5. The van der Waals surface area contributed by atoms with Crippen LogP contribution < -0.4 is 9.47 Å². The van der Waals surface area contributed by atoms with Gasteiger partial charge in [-0.15, -0.1) is 0 Å². The van der Waals surface area contributed by atoms with Crippen LogP contribution in [0.5, 0.6) is 11.5 Å². The second-order valence-corrected chi connectivity index (χ2v) is 7.20. The zero-order valence-electron chi connectivity index (χ0n) is 17.8. The number of ketones is 1. The minimum atomic E-state index is -1.67. The lowest BCUT2D eigenvalue weighted by molar-refractivity contribution is -0.133. The van der Waals surface area contributed by atoms with Crippen molar-refractivity contribution in [2.45, 2.75) is 19.4 Å². The zero-order chi connectivity index (χ0) is 22.9. The van der Waals surface area contributed by atoms with E-state index in [-0.39, 0.29) is 55.9 Å². The van der Waals surface area contributed by atoms with Gasteiger partial charge in [-0.25, -0.2) is 0 Å². The van der Waals surface area contributed by atoms with Gasteiger partial charge in [0.2, 0.25) is 0 Å². The number of aliphatic hydroxyl groups excluding tert-OH is 2. The van der Waals surface area contributed by atoms with Crippen LogP contribution in [0, 0.1) is 0 Å². The van der Waals surface area contributed by atoms with Crippen molar-refractivity contribution in [1.82, 2.24) is 9.80 Å². The Bertz CT molecular complexity index is 745. The molecule has 0 aliphatic rings. The lowest BCUT2D eigenvalue weighted by Gasteiger charge is -2.21. The standard InChI is InChI=1S/C20H30N2O8/c1-20(2,28)19(27)15-6-5-14(29-12-17(25)21(3)7-9-23)11-16(15)30-13-18(26)22(4)8-10-24/h5-6,11,23-24,28H,7-10,12-13H2,1-4H3. The number of aliphatic hydroxyl groups is 3. The van der Waals surface area contributed by atoms with Gasteiger partial charge in [0.25, 0.3) is 11.8 Å². The molecule has 1 aromatic rings. The fraction of sp³-hybridized carbons (Fsp3) is 0.550. The van der Waals surface area contributed by atoms with Gasteiger partial charge < -0.3 is 34.6 Å². The van der Waals surface area contributed by atoms with Gasteiger partial charge in [0, 0.05) is 33.3 Å². The summed E-state index contributed by atoms with van der Waals surface area (Å²) >= 11 is 0. The molecule has 1 aromatic carbocycles. The number of ether oxygens (including phenoxy) is 2. The number of Topliss-reactive ketones (excluding diaryl/α,β-unsaturated/α-hetero) is 1. The van der Waals surface area contributed by atoms with Crippen LogP contribution >= 0.6 is 0 Å². The third-order valence-electron chi connectivity index (χ3n) is 4.19. The normalized spacial score (nSPS) is 11.0. The Morgan fingerprint density at radius 2 is 1.43 bits per heavy atom. The van der Waals surface area contributed by atoms with Gasteiger partial charge in [0.15, 0.2) is 19.0 Å². The molecule has 10 nitrogen and oxygen atoms in total. The Balaban J connectivity index is 3.01. The molecule has 10 heteroatoms. The molecule has 30 heavy (non-hydrogen) atoms. The van der Waals surface area contributed by atoms with Crippen molar-refractivity contribution >= 4 is 17.6 Å². The highest BCUT2D eigenvalue weighted by Crippen LogP contribution is 2.28. The summed E-state index contributed by atoms with van der Waals surface area (Å²) in [5.74, 6) is -1.15. The molecule has 0 unspecified atom stereocenters. The molecule has 168 valence electrons. The third kappa shape index (κ3) is 7.62. The lowest BCUT2D eigenvalue weighted by Crippen LogP contribution is -2.34. The Morgan fingerprint density at radius 3 is 1.90 bits per heavy atom. The monoisotopic (exact) mass is 426 g/mol. The largest absolute Gasteiger partial charge is 0.484 e. The van der Waals surface area contributed by atoms with Gasteiger partial charge >= 0.3 is 0 Å². The molecule has 0 aromatic heterocycles. The van der Waals surface area contributed by atoms with E-state index in [2.05, 4.69) is 0 Å². The molecule has 0 saturated heterocycles. The molecule has 0 bridgehead atoms. The van der Waals surface area contributed by atoms with E-state index < -0.39 is 23.9 Å². The van der Waals surface area contributed by atoms with Gasteiger partial charge in [-0.2, -0.15) is 0 Å². The van der Waals surface area contributed by atoms with Crippen LogP contribution in [0.1, 0.15) is 24.2 Å². The zero-order valence-corrected chi connectivity index (χ0v) is 17.8. The van der Waals surface area contributed by atoms with Gasteiger partial charge in [-0.1, -0.05) is 0 Å². The highest BCUT2D eigenvalue weighted by molar-refractivity contribution is 6.04. The van der Waals surface area contributed by atoms with E-state index in [1.165, 1.54) is 55.9 Å². The molecule has 3 N–H and O–H groups in total. The van der Waals surface area contributed by atoms with E-state index in [1.54, 1.807) is 0 Å². The Kier molecular flexibility index (Phi) is 9.70. The van der Waals surface area contributed by atoms with E-state index in [0.717, 1.165) is 0 Å². The van der Waals surface area contributed by atoms with Gasteiger partial charge in [-0.05, 0) is 26.0 Å². The first kappa shape index (κ1) is 25.3. The predicted octanol–water partition coefficient (Wildman–Crippen LogP) is -0.701. The summed E-state index contributed by atoms with van der Waals surface area (Å²) in [5, 5.41) is 27.9. The van der Waals surface area contributed by atoms with Crippen LogP contribution in [-0.2, 0) is 9.59 Å². The molecule has 0 spiro atoms. The van der Waals surface area contributed by atoms with Crippen molar-refractivity contribution in [3.05, 3.63) is 23.8 Å². The summed E-state index contributed by atoms with van der Waals surface area (Å²) in [6.45, 7) is 1.89. The first-order chi connectivity index (χ1) is 14.0. The molecule has 2 amide bonds. The highest BCUT2D eigenvalue weighted by Gasteiger charge is 2.28. The van der Waals surface area contributed by atoms with Crippen molar-refractivity contribution in [1.29, 1.82) is 0 Å². The number of nitrogens with zero attached hydrogens (tertiary/aromatic N) is 2. The number of carbonyl (C=O) groups excluding carboxylic acids is 3. The fourth-order valence-electron chi connectivity index (χ4n) is 2.28. The van der Waals surface area contributed by atoms with Crippen molar-refractivity contribution in [3.63, 3.8) is 0 Å². The second kappa shape index (κ2) is 11.5. The average Bonchev–Trinajstić information content (AvgIpc) is 2.69. The second-order valence-electron chi connectivity index (χ2n) is 7.20. The maximum absolute atomic E-state index is 12.5. The maximum Gasteiger partial charge on any atom is 0.260 e. The third-order valence-corrected chi connectivity index (χ3v) is 4.19. The lowest BCUT2D eigenvalue weighted by atomic mass is 9.96.